The van der Waals surface area contributed by atoms with Gasteiger partial charge in [-0.2, -0.15) is 0 Å². The first-order chi connectivity index (χ1) is 8.61. The summed E-state index contributed by atoms with van der Waals surface area (Å²) in [6.07, 6.45) is 0. The van der Waals surface area contributed by atoms with Crippen molar-refractivity contribution >= 4 is 26.7 Å². The number of benzene rings is 2. The Kier molecular flexibility index (Phi) is 9.96. The van der Waals surface area contributed by atoms with Crippen molar-refractivity contribution in [1.82, 2.24) is 0 Å². The van der Waals surface area contributed by atoms with Gasteiger partial charge < -0.3 is 18.9 Å². The van der Waals surface area contributed by atoms with Gasteiger partial charge in [0, 0.05) is 16.1 Å². The van der Waals surface area contributed by atoms with Gasteiger partial charge in [0.15, 0.2) is 0 Å². The van der Waals surface area contributed by atoms with Crippen LogP contribution in [0.5, 0.6) is 0 Å². The Morgan fingerprint density at radius 3 is 1.05 bits per heavy atom. The van der Waals surface area contributed by atoms with Crippen LogP contribution in [-0.2, 0) is 28.6 Å². The van der Waals surface area contributed by atoms with E-state index in [0.717, 1.165) is 0 Å². The topological polar surface area (TPSA) is 80.3 Å². The predicted octanol–water partition coefficient (Wildman–Crippen LogP) is 0.291. The zero-order valence-corrected chi connectivity index (χ0v) is 15.1. The smallest absolute Gasteiger partial charge is 0.798 e. The van der Waals surface area contributed by atoms with Gasteiger partial charge in [0.1, 0.15) is 0 Å². The fraction of sp³-hybridized carbons (Fsp3) is 0. The molecular weight excluding hydrogens is 335 g/mol. The molecule has 2 aromatic carbocycles. The summed E-state index contributed by atoms with van der Waals surface area (Å²) >= 11 is 0. The van der Waals surface area contributed by atoms with Crippen molar-refractivity contribution in [3.8, 4) is 0 Å². The molecule has 2 unspecified atom stereocenters. The van der Waals surface area contributed by atoms with Gasteiger partial charge in [-0.3, -0.25) is 0 Å². The molecule has 96 valence electrons. The molecule has 0 aliphatic carbocycles. The Balaban J connectivity index is 0.000000324. The second kappa shape index (κ2) is 10.3. The molecule has 0 aromatic heterocycles. The minimum Gasteiger partial charge on any atom is -0.798 e. The SMILES string of the molecule is O=[PH]([O-])c1ccccc1.O=[PH]([O-])c1ccccc1.[Zn+2]. The zero-order valence-electron chi connectivity index (χ0n) is 10.1. The van der Waals surface area contributed by atoms with Gasteiger partial charge in [-0.15, -0.1) is 0 Å². The first-order valence-electron chi connectivity index (χ1n) is 5.14. The molecule has 0 amide bonds. The Morgan fingerprint density at radius 1 is 0.632 bits per heavy atom. The van der Waals surface area contributed by atoms with Crippen molar-refractivity contribution in [3.05, 3.63) is 60.7 Å². The third kappa shape index (κ3) is 7.57. The van der Waals surface area contributed by atoms with E-state index in [1.54, 1.807) is 60.7 Å². The molecule has 0 N–H and O–H groups in total. The van der Waals surface area contributed by atoms with Crippen LogP contribution in [0.4, 0.5) is 0 Å². The summed E-state index contributed by atoms with van der Waals surface area (Å²) in [5, 5.41) is 0.810. The molecule has 0 saturated heterocycles. The normalized spacial score (nSPS) is 12.3. The summed E-state index contributed by atoms with van der Waals surface area (Å²) in [7, 11) is -5.42. The van der Waals surface area contributed by atoms with Gasteiger partial charge in [-0.05, 0) is 10.6 Å². The van der Waals surface area contributed by atoms with E-state index in [4.69, 9.17) is 0 Å². The molecule has 2 rings (SSSR count). The van der Waals surface area contributed by atoms with Crippen molar-refractivity contribution < 1.29 is 38.4 Å². The van der Waals surface area contributed by atoms with E-state index in [2.05, 4.69) is 0 Å². The maximum absolute atomic E-state index is 10.3. The van der Waals surface area contributed by atoms with E-state index >= 15 is 0 Å². The van der Waals surface area contributed by atoms with E-state index < -0.39 is 16.1 Å². The molecule has 2 aromatic rings. The van der Waals surface area contributed by atoms with Crippen LogP contribution in [0.1, 0.15) is 0 Å². The molecule has 0 radical (unpaired) electrons. The molecule has 0 fully saturated rings. The second-order valence-electron chi connectivity index (χ2n) is 3.31. The van der Waals surface area contributed by atoms with Crippen LogP contribution in [0.15, 0.2) is 60.7 Å². The molecule has 7 heteroatoms. The first-order valence-corrected chi connectivity index (χ1v) is 7.77. The number of hydrogen-bond acceptors (Lipinski definition) is 4. The molecule has 2 atom stereocenters. The van der Waals surface area contributed by atoms with Crippen LogP contribution in [0, 0.1) is 0 Å². The van der Waals surface area contributed by atoms with Crippen molar-refractivity contribution in [2.24, 2.45) is 0 Å². The van der Waals surface area contributed by atoms with Crippen LogP contribution >= 0.6 is 16.1 Å². The van der Waals surface area contributed by atoms with Crippen LogP contribution in [0.25, 0.3) is 0 Å². The van der Waals surface area contributed by atoms with Gasteiger partial charge in [-0.25, -0.2) is 0 Å². The maximum atomic E-state index is 10.3. The maximum Gasteiger partial charge on any atom is 2.00 e. The Labute approximate surface area is 126 Å². The number of rotatable bonds is 2. The van der Waals surface area contributed by atoms with E-state index in [9.17, 15) is 18.9 Å². The zero-order chi connectivity index (χ0) is 13.4. The van der Waals surface area contributed by atoms with Crippen molar-refractivity contribution in [2.45, 2.75) is 0 Å². The van der Waals surface area contributed by atoms with Crippen molar-refractivity contribution in [1.29, 1.82) is 0 Å². The molecule has 0 aliphatic rings. The first kappa shape index (κ1) is 18.4. The summed E-state index contributed by atoms with van der Waals surface area (Å²) < 4.78 is 20.6. The molecular formula is C12H12O4P2Zn. The summed E-state index contributed by atoms with van der Waals surface area (Å²) in [5.41, 5.74) is 0. The molecule has 0 spiro atoms. The predicted molar refractivity (Wildman–Crippen MR) is 70.2 cm³/mol. The quantitative estimate of drug-likeness (QED) is 0.578. The molecule has 0 saturated carbocycles. The molecule has 0 heterocycles. The molecule has 4 nitrogen and oxygen atoms in total. The Morgan fingerprint density at radius 2 is 0.895 bits per heavy atom. The minimum atomic E-state index is -2.71. The Hall–Kier alpha value is -0.557. The van der Waals surface area contributed by atoms with Crippen LogP contribution < -0.4 is 20.4 Å². The van der Waals surface area contributed by atoms with Gasteiger partial charge in [0.05, 0.1) is 0 Å². The fourth-order valence-corrected chi connectivity index (χ4v) is 2.08. The summed E-state index contributed by atoms with van der Waals surface area (Å²) in [6, 6.07) is 16.7. The van der Waals surface area contributed by atoms with Crippen molar-refractivity contribution in [3.63, 3.8) is 0 Å². The summed E-state index contributed by atoms with van der Waals surface area (Å²) in [6.45, 7) is 0. The van der Waals surface area contributed by atoms with Crippen LogP contribution in [0.2, 0.25) is 0 Å². The largest absolute Gasteiger partial charge is 2.00 e. The van der Waals surface area contributed by atoms with Gasteiger partial charge in [-0.1, -0.05) is 60.7 Å². The second-order valence-corrected chi connectivity index (χ2v) is 5.61. The Bertz CT molecular complexity index is 470. The standard InChI is InChI=1S/2C6H7O2P.Zn/c2*7-9(8)6-4-2-1-3-5-6;/h2*1-5,9H,(H,7,8);/q;;+2/p-2. The third-order valence-corrected chi connectivity index (χ3v) is 3.63. The van der Waals surface area contributed by atoms with Gasteiger partial charge >= 0.3 is 19.5 Å². The third-order valence-electron chi connectivity index (χ3n) is 2.02. The van der Waals surface area contributed by atoms with Crippen molar-refractivity contribution in [2.75, 3.05) is 0 Å². The average molecular weight is 348 g/mol. The van der Waals surface area contributed by atoms with Crippen LogP contribution in [0.3, 0.4) is 0 Å². The van der Waals surface area contributed by atoms with E-state index in [1.807, 2.05) is 0 Å². The molecule has 19 heavy (non-hydrogen) atoms. The summed E-state index contributed by atoms with van der Waals surface area (Å²) in [5.74, 6) is 0. The average Bonchev–Trinajstić information content (AvgIpc) is 2.41. The summed E-state index contributed by atoms with van der Waals surface area (Å²) in [4.78, 5) is 20.6. The molecule has 0 bridgehead atoms. The van der Waals surface area contributed by atoms with E-state index in [-0.39, 0.29) is 19.5 Å². The van der Waals surface area contributed by atoms with Gasteiger partial charge in [0.2, 0.25) is 0 Å². The molecule has 0 aliphatic heterocycles. The van der Waals surface area contributed by atoms with E-state index in [1.165, 1.54) is 0 Å². The fourth-order valence-electron chi connectivity index (χ4n) is 1.15. The number of hydrogen-bond donors (Lipinski definition) is 0. The minimum absolute atomic E-state index is 0. The monoisotopic (exact) mass is 346 g/mol. The van der Waals surface area contributed by atoms with Gasteiger partial charge in [0.25, 0.3) is 0 Å². The van der Waals surface area contributed by atoms with E-state index in [0.29, 0.717) is 10.6 Å². The van der Waals surface area contributed by atoms with Crippen LogP contribution in [-0.4, -0.2) is 0 Å².